The van der Waals surface area contributed by atoms with Gasteiger partial charge in [0.15, 0.2) is 0 Å². The van der Waals surface area contributed by atoms with E-state index in [1.165, 1.54) is 0 Å². The predicted octanol–water partition coefficient (Wildman–Crippen LogP) is 2.99. The highest BCUT2D eigenvalue weighted by atomic mass is 16.5. The molecule has 0 amide bonds. The van der Waals surface area contributed by atoms with E-state index in [-0.39, 0.29) is 5.60 Å². The van der Waals surface area contributed by atoms with Gasteiger partial charge in [-0.1, -0.05) is 20.8 Å². The summed E-state index contributed by atoms with van der Waals surface area (Å²) in [4.78, 5) is 0. The lowest BCUT2D eigenvalue weighted by atomic mass is 9.87. The summed E-state index contributed by atoms with van der Waals surface area (Å²) in [5.41, 5.74) is 0.378. The van der Waals surface area contributed by atoms with Crippen molar-refractivity contribution in [2.75, 3.05) is 26.9 Å². The lowest BCUT2D eigenvalue weighted by Gasteiger charge is -2.39. The quantitative estimate of drug-likeness (QED) is 0.760. The van der Waals surface area contributed by atoms with Gasteiger partial charge in [0.25, 0.3) is 0 Å². The van der Waals surface area contributed by atoms with Crippen LogP contribution < -0.4 is 5.32 Å². The van der Waals surface area contributed by atoms with E-state index >= 15 is 0 Å². The molecule has 108 valence electrons. The largest absolute Gasteiger partial charge is 0.385 e. The molecule has 0 aliphatic carbocycles. The van der Waals surface area contributed by atoms with Gasteiger partial charge in [-0.05, 0) is 38.0 Å². The fourth-order valence-corrected chi connectivity index (χ4v) is 2.44. The molecule has 2 unspecified atom stereocenters. The summed E-state index contributed by atoms with van der Waals surface area (Å²) >= 11 is 0. The fraction of sp³-hybridized carbons (Fsp3) is 1.00. The first kappa shape index (κ1) is 15.9. The third kappa shape index (κ3) is 5.25. The first-order valence-electron chi connectivity index (χ1n) is 7.27. The van der Waals surface area contributed by atoms with Crippen molar-refractivity contribution >= 4 is 0 Å². The summed E-state index contributed by atoms with van der Waals surface area (Å²) in [6.07, 6.45) is 4.46. The molecule has 3 heteroatoms. The number of hydrogen-bond acceptors (Lipinski definition) is 3. The van der Waals surface area contributed by atoms with Crippen LogP contribution in [0.1, 0.15) is 53.4 Å². The molecule has 0 spiro atoms. The SMILES string of the molecule is CCC1(C)CC(NCC(C)(C)CCOC)CCO1. The van der Waals surface area contributed by atoms with E-state index in [1.54, 1.807) is 7.11 Å². The van der Waals surface area contributed by atoms with Crippen LogP contribution in [0.25, 0.3) is 0 Å². The highest BCUT2D eigenvalue weighted by Gasteiger charge is 2.32. The van der Waals surface area contributed by atoms with Crippen LogP contribution in [0.5, 0.6) is 0 Å². The number of nitrogens with one attached hydrogen (secondary N) is 1. The average molecular weight is 257 g/mol. The van der Waals surface area contributed by atoms with E-state index in [2.05, 4.69) is 33.0 Å². The number of rotatable bonds is 7. The Hall–Kier alpha value is -0.120. The Morgan fingerprint density at radius 1 is 1.44 bits per heavy atom. The highest BCUT2D eigenvalue weighted by Crippen LogP contribution is 2.28. The summed E-state index contributed by atoms with van der Waals surface area (Å²) in [7, 11) is 1.77. The second-order valence-electron chi connectivity index (χ2n) is 6.63. The Labute approximate surface area is 113 Å². The molecule has 18 heavy (non-hydrogen) atoms. The van der Waals surface area contributed by atoms with Crippen molar-refractivity contribution in [2.24, 2.45) is 5.41 Å². The standard InChI is InChI=1S/C15H31NO2/c1-6-15(4)11-13(7-9-18-15)16-12-14(2,3)8-10-17-5/h13,16H,6-12H2,1-5H3. The Bertz CT molecular complexity index is 243. The second kappa shape index (κ2) is 6.88. The van der Waals surface area contributed by atoms with Crippen LogP contribution in [0.2, 0.25) is 0 Å². The Morgan fingerprint density at radius 3 is 2.78 bits per heavy atom. The van der Waals surface area contributed by atoms with E-state index in [0.717, 1.165) is 45.4 Å². The van der Waals surface area contributed by atoms with Crippen molar-refractivity contribution in [3.8, 4) is 0 Å². The first-order valence-corrected chi connectivity index (χ1v) is 7.27. The Kier molecular flexibility index (Phi) is 6.09. The molecular weight excluding hydrogens is 226 g/mol. The zero-order valence-electron chi connectivity index (χ0n) is 12.8. The summed E-state index contributed by atoms with van der Waals surface area (Å²) in [6, 6.07) is 0.602. The van der Waals surface area contributed by atoms with Crippen molar-refractivity contribution in [2.45, 2.75) is 65.0 Å². The third-order valence-electron chi connectivity index (χ3n) is 4.20. The molecule has 2 atom stereocenters. The van der Waals surface area contributed by atoms with Crippen LogP contribution in [0.15, 0.2) is 0 Å². The van der Waals surface area contributed by atoms with Gasteiger partial charge in [-0.2, -0.15) is 0 Å². The van der Waals surface area contributed by atoms with E-state index < -0.39 is 0 Å². The zero-order valence-corrected chi connectivity index (χ0v) is 12.8. The maximum atomic E-state index is 5.88. The van der Waals surface area contributed by atoms with Crippen molar-refractivity contribution in [1.29, 1.82) is 0 Å². The third-order valence-corrected chi connectivity index (χ3v) is 4.20. The molecule has 0 aromatic rings. The van der Waals surface area contributed by atoms with Crippen LogP contribution >= 0.6 is 0 Å². The lowest BCUT2D eigenvalue weighted by Crippen LogP contribution is -2.47. The molecule has 1 saturated heterocycles. The predicted molar refractivity (Wildman–Crippen MR) is 75.9 cm³/mol. The van der Waals surface area contributed by atoms with Gasteiger partial charge in [0.1, 0.15) is 0 Å². The van der Waals surface area contributed by atoms with E-state index in [9.17, 15) is 0 Å². The number of ether oxygens (including phenoxy) is 2. The second-order valence-corrected chi connectivity index (χ2v) is 6.63. The van der Waals surface area contributed by atoms with Gasteiger partial charge in [-0.15, -0.1) is 0 Å². The molecule has 1 N–H and O–H groups in total. The topological polar surface area (TPSA) is 30.5 Å². The molecule has 1 heterocycles. The minimum atomic E-state index is 0.0760. The average Bonchev–Trinajstić information content (AvgIpc) is 2.34. The van der Waals surface area contributed by atoms with Crippen molar-refractivity contribution in [3.05, 3.63) is 0 Å². The smallest absolute Gasteiger partial charge is 0.0666 e. The first-order chi connectivity index (χ1) is 8.41. The molecule has 0 radical (unpaired) electrons. The van der Waals surface area contributed by atoms with Crippen molar-refractivity contribution < 1.29 is 9.47 Å². The molecule has 3 nitrogen and oxygen atoms in total. The number of methoxy groups -OCH3 is 1. The van der Waals surface area contributed by atoms with Crippen molar-refractivity contribution in [1.82, 2.24) is 5.32 Å². The monoisotopic (exact) mass is 257 g/mol. The van der Waals surface area contributed by atoms with Crippen LogP contribution in [-0.2, 0) is 9.47 Å². The molecule has 0 aromatic heterocycles. The summed E-state index contributed by atoms with van der Waals surface area (Å²) in [5, 5.41) is 3.72. The van der Waals surface area contributed by atoms with Crippen LogP contribution in [0, 0.1) is 5.41 Å². The van der Waals surface area contributed by atoms with E-state index in [0.29, 0.717) is 11.5 Å². The summed E-state index contributed by atoms with van der Waals surface area (Å²) in [6.45, 7) is 11.8. The van der Waals surface area contributed by atoms with Crippen molar-refractivity contribution in [3.63, 3.8) is 0 Å². The van der Waals surface area contributed by atoms with Gasteiger partial charge in [-0.3, -0.25) is 0 Å². The minimum Gasteiger partial charge on any atom is -0.385 e. The highest BCUT2D eigenvalue weighted by molar-refractivity contribution is 4.86. The Balaban J connectivity index is 2.34. The number of hydrogen-bond donors (Lipinski definition) is 1. The molecule has 1 aliphatic heterocycles. The summed E-state index contributed by atoms with van der Waals surface area (Å²) in [5.74, 6) is 0. The molecule has 0 aromatic carbocycles. The van der Waals surface area contributed by atoms with Crippen LogP contribution in [0.3, 0.4) is 0 Å². The van der Waals surface area contributed by atoms with E-state index in [1.807, 2.05) is 0 Å². The molecule has 0 bridgehead atoms. The molecule has 0 saturated carbocycles. The minimum absolute atomic E-state index is 0.0760. The van der Waals surface area contributed by atoms with Crippen LogP contribution in [0.4, 0.5) is 0 Å². The fourth-order valence-electron chi connectivity index (χ4n) is 2.44. The van der Waals surface area contributed by atoms with Gasteiger partial charge in [-0.25, -0.2) is 0 Å². The van der Waals surface area contributed by atoms with Gasteiger partial charge in [0.05, 0.1) is 5.60 Å². The molecular formula is C15H31NO2. The van der Waals surface area contributed by atoms with Gasteiger partial charge in [0.2, 0.25) is 0 Å². The maximum absolute atomic E-state index is 5.88. The molecule has 1 fully saturated rings. The maximum Gasteiger partial charge on any atom is 0.0666 e. The van der Waals surface area contributed by atoms with Gasteiger partial charge < -0.3 is 14.8 Å². The van der Waals surface area contributed by atoms with Crippen LogP contribution in [-0.4, -0.2) is 38.5 Å². The van der Waals surface area contributed by atoms with Gasteiger partial charge >= 0.3 is 0 Å². The lowest BCUT2D eigenvalue weighted by molar-refractivity contribution is -0.0788. The van der Waals surface area contributed by atoms with E-state index in [4.69, 9.17) is 9.47 Å². The zero-order chi connectivity index (χ0) is 13.6. The molecule has 1 rings (SSSR count). The Morgan fingerprint density at radius 2 is 2.17 bits per heavy atom. The van der Waals surface area contributed by atoms with Gasteiger partial charge in [0, 0.05) is 32.9 Å². The molecule has 1 aliphatic rings. The summed E-state index contributed by atoms with van der Waals surface area (Å²) < 4.78 is 11.1. The normalized spacial score (nSPS) is 29.5.